The van der Waals surface area contributed by atoms with E-state index in [2.05, 4.69) is 41.3 Å². The summed E-state index contributed by atoms with van der Waals surface area (Å²) in [7, 11) is 4.05. The lowest BCUT2D eigenvalue weighted by molar-refractivity contribution is 0.411. The molecule has 1 atom stereocenters. The summed E-state index contributed by atoms with van der Waals surface area (Å²) < 4.78 is 1.70. The molecule has 0 spiro atoms. The summed E-state index contributed by atoms with van der Waals surface area (Å²) in [5.74, 6) is 1.37. The molecule has 2 N–H and O–H groups in total. The van der Waals surface area contributed by atoms with E-state index in [0.29, 0.717) is 11.7 Å². The average molecular weight is 256 g/mol. The third-order valence-corrected chi connectivity index (χ3v) is 3.99. The van der Waals surface area contributed by atoms with Crippen molar-refractivity contribution in [1.82, 2.24) is 14.7 Å². The molecule has 0 amide bonds. The number of likely N-dealkylation sites (tertiary alicyclic amines) is 1. The molecular formula is C15H20N4. The lowest BCUT2D eigenvalue weighted by Gasteiger charge is -2.11. The van der Waals surface area contributed by atoms with E-state index in [0.717, 1.165) is 17.8 Å². The van der Waals surface area contributed by atoms with Crippen LogP contribution in [0.25, 0.3) is 11.3 Å². The van der Waals surface area contributed by atoms with Gasteiger partial charge in [-0.2, -0.15) is 5.10 Å². The number of likely N-dealkylation sites (N-methyl/N-ethyl adjacent to an activating group) is 1. The van der Waals surface area contributed by atoms with Crippen molar-refractivity contribution in [3.05, 3.63) is 35.9 Å². The van der Waals surface area contributed by atoms with Gasteiger partial charge < -0.3 is 10.6 Å². The number of aromatic nitrogens is 2. The Morgan fingerprint density at radius 2 is 1.95 bits per heavy atom. The van der Waals surface area contributed by atoms with Crippen molar-refractivity contribution in [2.24, 2.45) is 7.05 Å². The van der Waals surface area contributed by atoms with E-state index in [9.17, 15) is 0 Å². The maximum Gasteiger partial charge on any atom is 0.121 e. The van der Waals surface area contributed by atoms with Gasteiger partial charge in [-0.1, -0.05) is 24.3 Å². The fourth-order valence-electron chi connectivity index (χ4n) is 2.76. The molecule has 1 aliphatic heterocycles. The molecular weight excluding hydrogens is 236 g/mol. The van der Waals surface area contributed by atoms with Gasteiger partial charge in [0.15, 0.2) is 0 Å². The first kappa shape index (κ1) is 12.2. The van der Waals surface area contributed by atoms with Crippen LogP contribution in [-0.4, -0.2) is 34.8 Å². The van der Waals surface area contributed by atoms with Crippen LogP contribution in [0.3, 0.4) is 0 Å². The van der Waals surface area contributed by atoms with Gasteiger partial charge in [0.1, 0.15) is 5.82 Å². The number of benzene rings is 1. The molecule has 1 unspecified atom stereocenters. The number of aryl methyl sites for hydroxylation is 1. The van der Waals surface area contributed by atoms with Gasteiger partial charge in [0.25, 0.3) is 0 Å². The van der Waals surface area contributed by atoms with Crippen LogP contribution in [0.2, 0.25) is 0 Å². The van der Waals surface area contributed by atoms with Gasteiger partial charge in [-0.25, -0.2) is 0 Å². The Balaban J connectivity index is 1.82. The Bertz CT molecular complexity index is 551. The quantitative estimate of drug-likeness (QED) is 0.895. The molecule has 1 saturated heterocycles. The van der Waals surface area contributed by atoms with Crippen LogP contribution in [0, 0.1) is 0 Å². The van der Waals surface area contributed by atoms with E-state index in [-0.39, 0.29) is 0 Å². The van der Waals surface area contributed by atoms with Gasteiger partial charge >= 0.3 is 0 Å². The summed E-state index contributed by atoms with van der Waals surface area (Å²) in [6.45, 7) is 2.36. The molecule has 0 aliphatic carbocycles. The van der Waals surface area contributed by atoms with E-state index in [1.165, 1.54) is 18.5 Å². The van der Waals surface area contributed by atoms with Gasteiger partial charge in [-0.3, -0.25) is 4.68 Å². The fourth-order valence-corrected chi connectivity index (χ4v) is 2.76. The Hall–Kier alpha value is -1.81. The second-order valence-electron chi connectivity index (χ2n) is 5.45. The van der Waals surface area contributed by atoms with Crippen LogP contribution in [0.15, 0.2) is 30.3 Å². The maximum absolute atomic E-state index is 5.82. The third kappa shape index (κ3) is 2.36. The average Bonchev–Trinajstić information content (AvgIpc) is 2.97. The second-order valence-corrected chi connectivity index (χ2v) is 5.45. The van der Waals surface area contributed by atoms with Crippen LogP contribution in [-0.2, 0) is 7.05 Å². The number of nitrogens with zero attached hydrogens (tertiary/aromatic N) is 3. The molecule has 0 saturated carbocycles. The minimum absolute atomic E-state index is 0.674. The van der Waals surface area contributed by atoms with Gasteiger partial charge in [0, 0.05) is 25.2 Å². The van der Waals surface area contributed by atoms with Crippen molar-refractivity contribution in [3.63, 3.8) is 0 Å². The summed E-state index contributed by atoms with van der Waals surface area (Å²) in [4.78, 5) is 2.39. The van der Waals surface area contributed by atoms with Crippen molar-refractivity contribution in [2.45, 2.75) is 12.3 Å². The third-order valence-electron chi connectivity index (χ3n) is 3.99. The highest BCUT2D eigenvalue weighted by Crippen LogP contribution is 2.28. The molecule has 2 heterocycles. The van der Waals surface area contributed by atoms with E-state index in [1.807, 2.05) is 13.1 Å². The van der Waals surface area contributed by atoms with Crippen LogP contribution >= 0.6 is 0 Å². The summed E-state index contributed by atoms with van der Waals surface area (Å²) in [5, 5.41) is 4.40. The van der Waals surface area contributed by atoms with Gasteiger partial charge in [0.2, 0.25) is 0 Å². The first-order chi connectivity index (χ1) is 9.13. The molecule has 0 bridgehead atoms. The minimum atomic E-state index is 0.674. The largest absolute Gasteiger partial charge is 0.384 e. The SMILES string of the molecule is CN1CCC(c2ccc(-c3cc(N)n(C)n3)cc2)C1. The predicted molar refractivity (Wildman–Crippen MR) is 77.9 cm³/mol. The van der Waals surface area contributed by atoms with Crippen molar-refractivity contribution in [1.29, 1.82) is 0 Å². The van der Waals surface area contributed by atoms with Gasteiger partial charge in [-0.15, -0.1) is 0 Å². The Kier molecular flexibility index (Phi) is 3.03. The Morgan fingerprint density at radius 1 is 1.21 bits per heavy atom. The highest BCUT2D eigenvalue weighted by molar-refractivity contribution is 5.62. The van der Waals surface area contributed by atoms with Crippen molar-refractivity contribution in [3.8, 4) is 11.3 Å². The van der Waals surface area contributed by atoms with Crippen molar-refractivity contribution in [2.75, 3.05) is 25.9 Å². The first-order valence-electron chi connectivity index (χ1n) is 6.72. The van der Waals surface area contributed by atoms with E-state index >= 15 is 0 Å². The molecule has 1 fully saturated rings. The predicted octanol–water partition coefficient (Wildman–Crippen LogP) is 2.09. The van der Waals surface area contributed by atoms with Crippen LogP contribution < -0.4 is 5.73 Å². The minimum Gasteiger partial charge on any atom is -0.384 e. The molecule has 19 heavy (non-hydrogen) atoms. The zero-order chi connectivity index (χ0) is 13.4. The lowest BCUT2D eigenvalue weighted by atomic mass is 9.97. The summed E-state index contributed by atoms with van der Waals surface area (Å²) in [5.41, 5.74) is 9.31. The van der Waals surface area contributed by atoms with E-state index in [4.69, 9.17) is 5.73 Å². The smallest absolute Gasteiger partial charge is 0.121 e. The number of rotatable bonds is 2. The highest BCUT2D eigenvalue weighted by Gasteiger charge is 2.20. The van der Waals surface area contributed by atoms with Crippen molar-refractivity contribution < 1.29 is 0 Å². The number of nitrogen functional groups attached to an aromatic ring is 1. The van der Waals surface area contributed by atoms with Crippen LogP contribution in [0.4, 0.5) is 5.82 Å². The van der Waals surface area contributed by atoms with Crippen LogP contribution in [0.1, 0.15) is 17.9 Å². The number of hydrogen-bond donors (Lipinski definition) is 1. The Morgan fingerprint density at radius 3 is 2.47 bits per heavy atom. The van der Waals surface area contributed by atoms with Crippen LogP contribution in [0.5, 0.6) is 0 Å². The first-order valence-corrected chi connectivity index (χ1v) is 6.72. The Labute approximate surface area is 113 Å². The topological polar surface area (TPSA) is 47.1 Å². The zero-order valence-electron chi connectivity index (χ0n) is 11.5. The number of nitrogens with two attached hydrogens (primary N) is 1. The normalized spacial score (nSPS) is 20.0. The molecule has 0 radical (unpaired) electrons. The van der Waals surface area contributed by atoms with Gasteiger partial charge in [0.05, 0.1) is 5.69 Å². The van der Waals surface area contributed by atoms with Crippen molar-refractivity contribution >= 4 is 5.82 Å². The fraction of sp³-hybridized carbons (Fsp3) is 0.400. The summed E-state index contributed by atoms with van der Waals surface area (Å²) >= 11 is 0. The summed E-state index contributed by atoms with van der Waals surface area (Å²) in [6, 6.07) is 10.7. The summed E-state index contributed by atoms with van der Waals surface area (Å²) in [6.07, 6.45) is 1.26. The maximum atomic E-state index is 5.82. The van der Waals surface area contributed by atoms with Gasteiger partial charge in [-0.05, 0) is 31.5 Å². The van der Waals surface area contributed by atoms with E-state index < -0.39 is 0 Å². The molecule has 4 heteroatoms. The molecule has 2 aromatic rings. The monoisotopic (exact) mass is 256 g/mol. The molecule has 1 aliphatic rings. The second kappa shape index (κ2) is 4.70. The number of anilines is 1. The van der Waals surface area contributed by atoms with E-state index in [1.54, 1.807) is 4.68 Å². The standard InChI is InChI=1S/C15H20N4/c1-18-8-7-13(10-18)11-3-5-12(6-4-11)14-9-15(16)19(2)17-14/h3-6,9,13H,7-8,10,16H2,1-2H3. The molecule has 4 nitrogen and oxygen atoms in total. The molecule has 1 aromatic heterocycles. The zero-order valence-corrected chi connectivity index (χ0v) is 11.5. The number of hydrogen-bond acceptors (Lipinski definition) is 3. The molecule has 100 valence electrons. The lowest BCUT2D eigenvalue weighted by Crippen LogP contribution is -2.13. The highest BCUT2D eigenvalue weighted by atomic mass is 15.3. The molecule has 3 rings (SSSR count). The molecule has 1 aromatic carbocycles.